The van der Waals surface area contributed by atoms with E-state index in [9.17, 15) is 4.79 Å². The molecule has 114 valence electrons. The van der Waals surface area contributed by atoms with Crippen LogP contribution in [0.5, 0.6) is 0 Å². The van der Waals surface area contributed by atoms with Gasteiger partial charge in [-0.1, -0.05) is 25.2 Å². The van der Waals surface area contributed by atoms with Crippen LogP contribution in [0.4, 0.5) is 10.8 Å². The number of aromatic nitrogens is 1. The van der Waals surface area contributed by atoms with Crippen LogP contribution >= 0.6 is 11.3 Å². The Kier molecular flexibility index (Phi) is 5.14. The Hall–Kier alpha value is -1.66. The Bertz CT molecular complexity index is 625. The van der Waals surface area contributed by atoms with Crippen LogP contribution in [0.3, 0.4) is 0 Å². The summed E-state index contributed by atoms with van der Waals surface area (Å²) in [5.74, 6) is -0.0164. The van der Waals surface area contributed by atoms with Gasteiger partial charge in [-0.25, -0.2) is 4.98 Å². The molecule has 0 aliphatic rings. The van der Waals surface area contributed by atoms with E-state index in [-0.39, 0.29) is 11.9 Å². The molecule has 0 saturated carbocycles. The summed E-state index contributed by atoms with van der Waals surface area (Å²) in [7, 11) is 0. The Morgan fingerprint density at radius 2 is 2.24 bits per heavy atom. The molecule has 0 aliphatic carbocycles. The predicted molar refractivity (Wildman–Crippen MR) is 89.7 cm³/mol. The number of rotatable bonds is 6. The highest BCUT2D eigenvalue weighted by molar-refractivity contribution is 7.22. The average molecular weight is 306 g/mol. The van der Waals surface area contributed by atoms with Gasteiger partial charge in [-0.05, 0) is 44.6 Å². The van der Waals surface area contributed by atoms with Gasteiger partial charge in [-0.15, -0.1) is 0 Å². The maximum absolute atomic E-state index is 12.3. The number of hydrogen-bond donors (Lipinski definition) is 2. The number of carbonyl (C=O) groups is 1. The van der Waals surface area contributed by atoms with E-state index in [1.165, 1.54) is 11.3 Å². The smallest absolute Gasteiger partial charge is 0.243 e. The zero-order valence-electron chi connectivity index (χ0n) is 12.7. The van der Waals surface area contributed by atoms with E-state index in [1.54, 1.807) is 0 Å². The van der Waals surface area contributed by atoms with Gasteiger partial charge in [0.1, 0.15) is 0 Å². The van der Waals surface area contributed by atoms with Crippen LogP contribution in [0.2, 0.25) is 0 Å². The molecule has 1 aromatic heterocycles. The van der Waals surface area contributed by atoms with E-state index in [2.05, 4.69) is 29.0 Å². The molecule has 1 amide bonds. The van der Waals surface area contributed by atoms with E-state index in [1.807, 2.05) is 25.1 Å². The van der Waals surface area contributed by atoms with Crippen molar-refractivity contribution >= 4 is 38.3 Å². The number of fused-ring (bicyclic) bond motifs is 1. The first-order valence-electron chi connectivity index (χ1n) is 7.26. The number of thiazole rings is 1. The summed E-state index contributed by atoms with van der Waals surface area (Å²) in [5, 5.41) is 3.53. The first kappa shape index (κ1) is 15.7. The highest BCUT2D eigenvalue weighted by Crippen LogP contribution is 2.27. The molecule has 0 saturated heterocycles. The predicted octanol–water partition coefficient (Wildman–Crippen LogP) is 2.94. The second kappa shape index (κ2) is 6.87. The third-order valence-electron chi connectivity index (χ3n) is 3.49. The Labute approximate surface area is 129 Å². The van der Waals surface area contributed by atoms with Crippen molar-refractivity contribution in [2.24, 2.45) is 0 Å². The fourth-order valence-electron chi connectivity index (χ4n) is 2.28. The van der Waals surface area contributed by atoms with Gasteiger partial charge < -0.3 is 11.1 Å². The summed E-state index contributed by atoms with van der Waals surface area (Å²) < 4.78 is 0.985. The number of carbonyl (C=O) groups excluding carboxylic acids is 1. The number of nitrogen functional groups attached to an aromatic ring is 1. The standard InChI is InChI=1S/C15H22N4OS/c1-4-8-19(5-2)10(3)14(20)18-15-17-12-7-6-11(16)9-13(12)21-15/h6-7,9-10H,4-5,8,16H2,1-3H3,(H,17,18,20). The van der Waals surface area contributed by atoms with Crippen molar-refractivity contribution in [1.29, 1.82) is 0 Å². The molecule has 2 rings (SSSR count). The van der Waals surface area contributed by atoms with E-state index >= 15 is 0 Å². The lowest BCUT2D eigenvalue weighted by Gasteiger charge is -2.25. The highest BCUT2D eigenvalue weighted by atomic mass is 32.1. The molecule has 0 fully saturated rings. The molecule has 0 bridgehead atoms. The number of nitrogens with one attached hydrogen (secondary N) is 1. The summed E-state index contributed by atoms with van der Waals surface area (Å²) in [6.07, 6.45) is 1.03. The van der Waals surface area contributed by atoms with Gasteiger partial charge in [0.25, 0.3) is 0 Å². The van der Waals surface area contributed by atoms with E-state index < -0.39 is 0 Å². The van der Waals surface area contributed by atoms with E-state index in [4.69, 9.17) is 5.73 Å². The number of nitrogens with two attached hydrogens (primary N) is 1. The van der Waals surface area contributed by atoms with Crippen LogP contribution in [0.15, 0.2) is 18.2 Å². The van der Waals surface area contributed by atoms with Gasteiger partial charge in [0.15, 0.2) is 5.13 Å². The number of anilines is 2. The van der Waals surface area contributed by atoms with Crippen molar-refractivity contribution in [3.63, 3.8) is 0 Å². The Balaban J connectivity index is 2.10. The van der Waals surface area contributed by atoms with Crippen LogP contribution < -0.4 is 11.1 Å². The van der Waals surface area contributed by atoms with Crippen LogP contribution in [0.25, 0.3) is 10.2 Å². The molecule has 21 heavy (non-hydrogen) atoms. The van der Waals surface area contributed by atoms with Crippen LogP contribution in [-0.4, -0.2) is 34.9 Å². The lowest BCUT2D eigenvalue weighted by atomic mass is 10.2. The SMILES string of the molecule is CCCN(CC)C(C)C(=O)Nc1nc2ccc(N)cc2s1. The van der Waals surface area contributed by atoms with Crippen LogP contribution in [0.1, 0.15) is 27.2 Å². The molecule has 1 unspecified atom stereocenters. The molecule has 1 aromatic carbocycles. The van der Waals surface area contributed by atoms with Crippen molar-refractivity contribution in [3.05, 3.63) is 18.2 Å². The molecule has 0 spiro atoms. The fourth-order valence-corrected chi connectivity index (χ4v) is 3.20. The highest BCUT2D eigenvalue weighted by Gasteiger charge is 2.20. The lowest BCUT2D eigenvalue weighted by molar-refractivity contribution is -0.120. The topological polar surface area (TPSA) is 71.2 Å². The molecule has 1 heterocycles. The van der Waals surface area contributed by atoms with Crippen molar-refractivity contribution in [2.45, 2.75) is 33.2 Å². The molecular weight excluding hydrogens is 284 g/mol. The number of amides is 1. The maximum Gasteiger partial charge on any atom is 0.243 e. The van der Waals surface area contributed by atoms with Crippen molar-refractivity contribution in [1.82, 2.24) is 9.88 Å². The van der Waals surface area contributed by atoms with Gasteiger partial charge in [-0.2, -0.15) is 0 Å². The first-order valence-corrected chi connectivity index (χ1v) is 8.07. The maximum atomic E-state index is 12.3. The van der Waals surface area contributed by atoms with Gasteiger partial charge in [0, 0.05) is 5.69 Å². The Morgan fingerprint density at radius 3 is 2.90 bits per heavy atom. The van der Waals surface area contributed by atoms with Crippen LogP contribution in [0, 0.1) is 0 Å². The number of nitrogens with zero attached hydrogens (tertiary/aromatic N) is 2. The molecule has 0 radical (unpaired) electrons. The number of benzene rings is 1. The van der Waals surface area contributed by atoms with Crippen LogP contribution in [-0.2, 0) is 4.79 Å². The second-order valence-electron chi connectivity index (χ2n) is 5.04. The van der Waals surface area contributed by atoms with Gasteiger partial charge in [-0.3, -0.25) is 9.69 Å². The summed E-state index contributed by atoms with van der Waals surface area (Å²) in [6, 6.07) is 5.40. The average Bonchev–Trinajstić information content (AvgIpc) is 2.85. The second-order valence-corrected chi connectivity index (χ2v) is 6.07. The van der Waals surface area contributed by atoms with Gasteiger partial charge >= 0.3 is 0 Å². The van der Waals surface area contributed by atoms with Gasteiger partial charge in [0.05, 0.1) is 16.3 Å². The summed E-state index contributed by atoms with van der Waals surface area (Å²) in [6.45, 7) is 7.89. The quantitative estimate of drug-likeness (QED) is 0.805. The molecular formula is C15H22N4OS. The molecule has 3 N–H and O–H groups in total. The van der Waals surface area contributed by atoms with Crippen molar-refractivity contribution in [2.75, 3.05) is 24.1 Å². The third-order valence-corrected chi connectivity index (χ3v) is 4.42. The summed E-state index contributed by atoms with van der Waals surface area (Å²) in [5.41, 5.74) is 7.32. The first-order chi connectivity index (χ1) is 10.0. The minimum absolute atomic E-state index is 0.0164. The third kappa shape index (κ3) is 3.71. The summed E-state index contributed by atoms with van der Waals surface area (Å²) in [4.78, 5) is 18.9. The van der Waals surface area contributed by atoms with E-state index in [0.29, 0.717) is 10.8 Å². The number of likely N-dealkylation sites (N-methyl/N-ethyl adjacent to an activating group) is 1. The molecule has 2 aromatic rings. The van der Waals surface area contributed by atoms with E-state index in [0.717, 1.165) is 29.7 Å². The normalized spacial score (nSPS) is 12.8. The van der Waals surface area contributed by atoms with Crippen molar-refractivity contribution in [3.8, 4) is 0 Å². The monoisotopic (exact) mass is 306 g/mol. The molecule has 0 aliphatic heterocycles. The Morgan fingerprint density at radius 1 is 1.48 bits per heavy atom. The zero-order valence-corrected chi connectivity index (χ0v) is 13.5. The summed E-state index contributed by atoms with van der Waals surface area (Å²) >= 11 is 1.45. The lowest BCUT2D eigenvalue weighted by Crippen LogP contribution is -2.42. The van der Waals surface area contributed by atoms with Gasteiger partial charge in [0.2, 0.25) is 5.91 Å². The molecule has 5 nitrogen and oxygen atoms in total. The largest absolute Gasteiger partial charge is 0.399 e. The van der Waals surface area contributed by atoms with Crippen molar-refractivity contribution < 1.29 is 4.79 Å². The minimum atomic E-state index is -0.160. The molecule has 6 heteroatoms. The zero-order chi connectivity index (χ0) is 15.4. The molecule has 1 atom stereocenters. The fraction of sp³-hybridized carbons (Fsp3) is 0.467. The number of hydrogen-bond acceptors (Lipinski definition) is 5. The minimum Gasteiger partial charge on any atom is -0.399 e.